The Morgan fingerprint density at radius 1 is 0.576 bits per heavy atom. The van der Waals surface area contributed by atoms with Gasteiger partial charge >= 0.3 is 66.7 Å². The van der Waals surface area contributed by atoms with Crippen molar-refractivity contribution in [3.63, 3.8) is 0 Å². The molecule has 2 N–H and O–H groups in total. The molecule has 4 aromatic carbocycles. The van der Waals surface area contributed by atoms with Crippen LogP contribution in [0.3, 0.4) is 0 Å². The van der Waals surface area contributed by atoms with Gasteiger partial charge in [0.05, 0.1) is 44.0 Å². The van der Waals surface area contributed by atoms with Gasteiger partial charge < -0.3 is 25.3 Å². The zero-order chi connectivity index (χ0) is 48.0. The number of rotatable bonds is 12. The molecule has 16 nitrogen and oxygen atoms in total. The Kier molecular flexibility index (Phi) is 20.9. The molecule has 1 fully saturated rings. The van der Waals surface area contributed by atoms with Crippen LogP contribution in [-0.2, 0) is 71.6 Å². The predicted octanol–water partition coefficient (Wildman–Crippen LogP) is 10.9. The Morgan fingerprint density at radius 2 is 0.879 bits per heavy atom. The van der Waals surface area contributed by atoms with Crippen molar-refractivity contribution in [2.24, 2.45) is 29.5 Å². The van der Waals surface area contributed by atoms with Crippen LogP contribution < -0.4 is 10.0 Å². The molecule has 0 spiro atoms. The van der Waals surface area contributed by atoms with Crippen molar-refractivity contribution in [3.05, 3.63) is 129 Å². The minimum atomic E-state index is -3.93. The summed E-state index contributed by atoms with van der Waals surface area (Å²) < 4.78 is 65.4. The predicted molar refractivity (Wildman–Crippen MR) is 266 cm³/mol. The molecule has 0 unspecified atom stereocenters. The van der Waals surface area contributed by atoms with E-state index in [1.54, 1.807) is 13.8 Å². The number of amidine groups is 2. The number of nitrogens with zero attached hydrogens (tertiary/aromatic N) is 10. The Balaban J connectivity index is 0.00000129. The fraction of sp³-hybridized carbons (Fsp3) is 0.158. The Bertz CT molecular complexity index is 2600. The van der Waals surface area contributed by atoms with Crippen LogP contribution in [-0.4, -0.2) is 74.7 Å². The number of hydrazone groups is 2. The van der Waals surface area contributed by atoms with E-state index in [-0.39, 0.29) is 73.9 Å². The number of sulfonamides is 2. The maximum atomic E-state index is 13.5. The molecule has 4 aromatic rings. The topological polar surface area (TPSA) is 203 Å². The molecule has 0 saturated carbocycles. The maximum absolute atomic E-state index is 13.5. The summed E-state index contributed by atoms with van der Waals surface area (Å²) in [5.74, 6) is 0.269. The van der Waals surface area contributed by atoms with Gasteiger partial charge in [-0.15, -0.1) is 27.7 Å². The van der Waals surface area contributed by atoms with Gasteiger partial charge in [0.1, 0.15) is 0 Å². The molecule has 0 radical (unpaired) electrons. The molecule has 66 heavy (non-hydrogen) atoms. The molecular weight excluding hydrogens is 1130 g/mol. The van der Waals surface area contributed by atoms with Gasteiger partial charge in [-0.1, -0.05) is 36.4 Å². The molecule has 1 saturated heterocycles. The Labute approximate surface area is 431 Å². The van der Waals surface area contributed by atoms with Gasteiger partial charge in [-0.2, -0.15) is 18.8 Å². The van der Waals surface area contributed by atoms with Crippen molar-refractivity contribution in [2.45, 2.75) is 23.6 Å². The second-order valence-corrected chi connectivity index (χ2v) is 23.5. The zero-order valence-electron chi connectivity index (χ0n) is 34.0. The summed E-state index contributed by atoms with van der Waals surface area (Å²) in [5, 5.41) is 37.4. The van der Waals surface area contributed by atoms with Crippen molar-refractivity contribution in [2.75, 3.05) is 36.2 Å². The van der Waals surface area contributed by atoms with E-state index < -0.39 is 20.0 Å². The van der Waals surface area contributed by atoms with Crippen molar-refractivity contribution in [1.82, 2.24) is 8.61 Å². The first-order valence-corrected chi connectivity index (χ1v) is 29.8. The van der Waals surface area contributed by atoms with Crippen LogP contribution in [0.25, 0.3) is 0 Å². The van der Waals surface area contributed by atoms with Gasteiger partial charge in [0.2, 0.25) is 20.0 Å². The second kappa shape index (κ2) is 25.6. The van der Waals surface area contributed by atoms with Crippen molar-refractivity contribution >= 4 is 155 Å². The number of halogens is 4. The van der Waals surface area contributed by atoms with Crippen molar-refractivity contribution in [1.29, 1.82) is 10.8 Å². The van der Waals surface area contributed by atoms with Gasteiger partial charge in [0.25, 0.3) is 0 Å². The fourth-order valence-corrected chi connectivity index (χ4v) is 10.8. The van der Waals surface area contributed by atoms with E-state index in [0.29, 0.717) is 42.4 Å². The summed E-state index contributed by atoms with van der Waals surface area (Å²) in [5.41, 5.74) is 4.38. The first kappa shape index (κ1) is 53.9. The third-order valence-electron chi connectivity index (χ3n) is 9.24. The van der Waals surface area contributed by atoms with Crippen LogP contribution in [0.2, 0.25) is 0 Å². The van der Waals surface area contributed by atoms with Gasteiger partial charge in [-0.05, 0) is 86.6 Å². The van der Waals surface area contributed by atoms with E-state index in [4.69, 9.17) is 76.5 Å². The second-order valence-electron chi connectivity index (χ2n) is 13.1. The quantitative estimate of drug-likeness (QED) is 0.0594. The van der Waals surface area contributed by atoms with Crippen LogP contribution in [0.15, 0.2) is 168 Å². The van der Waals surface area contributed by atoms with E-state index in [2.05, 4.69) is 29.5 Å². The first-order chi connectivity index (χ1) is 31.6. The van der Waals surface area contributed by atoms with Gasteiger partial charge in [-0.3, -0.25) is 10.8 Å². The van der Waals surface area contributed by atoms with Crippen LogP contribution in [0.1, 0.15) is 13.8 Å². The molecule has 0 amide bonds. The zero-order valence-corrected chi connectivity index (χ0v) is 44.1. The summed E-state index contributed by atoms with van der Waals surface area (Å²) in [4.78, 5) is 0.0647. The SMILES string of the molecule is CC1=NN(c2ccccc2)C(=N)/C1=C(/[S-])SN=Nc1ccc(S(=O)(=O)N2CCN(S(=O)(=O)c3ccc(N=NS/C([S-])=C4\C(=N)N(c5ccccc5)N=C4C)cc3)CC2)cc1.[Cl][Fe+][Cl].[Cl][Fe+][Cl]. The average molecular weight is 1170 g/mol. The summed E-state index contributed by atoms with van der Waals surface area (Å²) in [6.07, 6.45) is 0. The number of hydrogen-bond acceptors (Lipinski definition) is 16. The monoisotopic (exact) mass is 1170 g/mol. The van der Waals surface area contributed by atoms with Crippen molar-refractivity contribution < 1.29 is 43.1 Å². The van der Waals surface area contributed by atoms with Gasteiger partial charge in [0.15, 0.2) is 11.7 Å². The molecule has 0 aromatic heterocycles. The van der Waals surface area contributed by atoms with E-state index in [1.807, 2.05) is 60.7 Å². The molecule has 7 rings (SSSR count). The van der Waals surface area contributed by atoms with E-state index in [9.17, 15) is 16.8 Å². The van der Waals surface area contributed by atoms with Crippen LogP contribution in [0.4, 0.5) is 22.7 Å². The normalized spacial score (nSPS) is 17.6. The Morgan fingerprint density at radius 3 is 1.18 bits per heavy atom. The average Bonchev–Trinajstić information content (AvgIpc) is 3.79. The molecule has 0 aliphatic carbocycles. The third kappa shape index (κ3) is 13.6. The summed E-state index contributed by atoms with van der Waals surface area (Å²) in [6.45, 7) is 3.38. The third-order valence-corrected chi connectivity index (χ3v) is 15.0. The van der Waals surface area contributed by atoms with E-state index in [0.717, 1.165) is 35.3 Å². The summed E-state index contributed by atoms with van der Waals surface area (Å²) in [6, 6.07) is 30.3. The van der Waals surface area contributed by atoms with E-state index in [1.165, 1.54) is 67.2 Å². The number of anilines is 2. The number of benzene rings is 4. The van der Waals surface area contributed by atoms with E-state index >= 15 is 0 Å². The molecular formula is C38H34Cl4Fe2N12O4S6. The Hall–Kier alpha value is -3.00. The molecule has 28 heteroatoms. The van der Waals surface area contributed by atoms with Crippen LogP contribution in [0.5, 0.6) is 0 Å². The number of nitrogens with one attached hydrogen (secondary N) is 2. The van der Waals surface area contributed by atoms with Crippen LogP contribution in [0, 0.1) is 10.8 Å². The van der Waals surface area contributed by atoms with Gasteiger partial charge in [-0.25, -0.2) is 26.9 Å². The van der Waals surface area contributed by atoms with Crippen LogP contribution >= 0.6 is 64.3 Å². The molecule has 3 aliphatic rings. The summed E-state index contributed by atoms with van der Waals surface area (Å²) in [7, 11) is 11.2. The molecule has 350 valence electrons. The fourth-order valence-electron chi connectivity index (χ4n) is 6.17. The number of para-hydroxylation sites is 2. The molecule has 3 aliphatic heterocycles. The molecule has 0 bridgehead atoms. The standard InChI is InChI=1S/C38H36N12O4S6.4ClH.2Fe/c1-25-33(35(39)49(43-25)29-9-5-3-6-10-29)37(55)57-45-41-27-13-17-31(18-14-27)59(51,52)47-21-23-48(24-22-47)60(53,54)32-19-15-28(16-20-32)42-46-58-38(56)34-26(2)44-50(36(34)40)30-11-7-4-8-12-30;;;;;;/h3-20,39-40,55-56H,21-24H2,1-2H3;4*1H;;/q;;;;;2*+3/p-6/b37-33-,38-34-,39-35?,40-36?,45-41?,46-42?;;;;;;. The minimum absolute atomic E-state index is 0.0323. The summed E-state index contributed by atoms with van der Waals surface area (Å²) >= 11 is 13.3. The number of hydrogen-bond donors (Lipinski definition) is 2. The first-order valence-electron chi connectivity index (χ1n) is 18.5. The number of piperazine rings is 1. The van der Waals surface area contributed by atoms with Crippen molar-refractivity contribution in [3.8, 4) is 0 Å². The molecule has 3 heterocycles. The molecule has 0 atom stereocenters. The van der Waals surface area contributed by atoms with Gasteiger partial charge in [0, 0.05) is 61.2 Å².